The maximum Gasteiger partial charge on any atom is 0.274 e. The number of hydrogen-bond acceptors (Lipinski definition) is 2. The Morgan fingerprint density at radius 3 is 2.43 bits per heavy atom. The van der Waals surface area contributed by atoms with E-state index in [-0.39, 0.29) is 5.91 Å². The molecule has 114 valence electrons. The zero-order chi connectivity index (χ0) is 16.1. The molecule has 0 radical (unpaired) electrons. The molecule has 0 aliphatic carbocycles. The molecule has 0 bridgehead atoms. The molecule has 1 N–H and O–H groups in total. The number of carbonyl (C=O) groups excluding carboxylic acids is 1. The van der Waals surface area contributed by atoms with Crippen molar-refractivity contribution in [2.75, 3.05) is 5.32 Å². The van der Waals surface area contributed by atoms with E-state index in [1.807, 2.05) is 61.5 Å². The van der Waals surface area contributed by atoms with Crippen LogP contribution in [0.5, 0.6) is 0 Å². The number of rotatable bonds is 4. The van der Waals surface area contributed by atoms with Gasteiger partial charge in [-0.1, -0.05) is 54.6 Å². The van der Waals surface area contributed by atoms with Crippen LogP contribution in [0.4, 0.5) is 5.69 Å². The lowest BCUT2D eigenvalue weighted by molar-refractivity contribution is 0.102. The number of pyridine rings is 1. The third kappa shape index (κ3) is 3.83. The van der Waals surface area contributed by atoms with Gasteiger partial charge in [0.25, 0.3) is 5.91 Å². The highest BCUT2D eigenvalue weighted by molar-refractivity contribution is 6.03. The summed E-state index contributed by atoms with van der Waals surface area (Å²) < 4.78 is 0. The molecule has 3 nitrogen and oxygen atoms in total. The molecule has 1 heterocycles. The van der Waals surface area contributed by atoms with E-state index in [1.165, 1.54) is 5.56 Å². The Morgan fingerprint density at radius 2 is 1.65 bits per heavy atom. The summed E-state index contributed by atoms with van der Waals surface area (Å²) in [6, 6.07) is 23.5. The Labute approximate surface area is 136 Å². The number of aryl methyl sites for hydroxylation is 1. The van der Waals surface area contributed by atoms with Gasteiger partial charge in [-0.25, -0.2) is 4.98 Å². The summed E-state index contributed by atoms with van der Waals surface area (Å²) >= 11 is 0. The van der Waals surface area contributed by atoms with Crippen LogP contribution in [0, 0.1) is 6.92 Å². The molecule has 3 aromatic rings. The molecule has 23 heavy (non-hydrogen) atoms. The summed E-state index contributed by atoms with van der Waals surface area (Å²) in [5.74, 6) is -0.186. The Bertz CT molecular complexity index is 813. The maximum absolute atomic E-state index is 12.4. The number of carbonyl (C=O) groups is 1. The molecule has 0 saturated heterocycles. The van der Waals surface area contributed by atoms with Gasteiger partial charge >= 0.3 is 0 Å². The highest BCUT2D eigenvalue weighted by atomic mass is 16.1. The van der Waals surface area contributed by atoms with Crippen molar-refractivity contribution in [1.82, 2.24) is 4.98 Å². The SMILES string of the molecule is Cc1cccc(C(=O)Nc2ccccc2Cc2ccccc2)n1. The monoisotopic (exact) mass is 302 g/mol. The zero-order valence-electron chi connectivity index (χ0n) is 13.0. The van der Waals surface area contributed by atoms with E-state index in [0.29, 0.717) is 5.69 Å². The van der Waals surface area contributed by atoms with Crippen molar-refractivity contribution in [3.63, 3.8) is 0 Å². The van der Waals surface area contributed by atoms with Gasteiger partial charge in [-0.05, 0) is 42.7 Å². The average Bonchev–Trinajstić information content (AvgIpc) is 2.57. The summed E-state index contributed by atoms with van der Waals surface area (Å²) in [6.07, 6.45) is 0.776. The fourth-order valence-electron chi connectivity index (χ4n) is 2.47. The molecule has 0 aliphatic heterocycles. The van der Waals surface area contributed by atoms with E-state index in [0.717, 1.165) is 23.4 Å². The first kappa shape index (κ1) is 15.0. The Morgan fingerprint density at radius 1 is 0.913 bits per heavy atom. The summed E-state index contributed by atoms with van der Waals surface area (Å²) in [6.45, 7) is 1.88. The minimum atomic E-state index is -0.186. The summed E-state index contributed by atoms with van der Waals surface area (Å²) in [5.41, 5.74) is 4.38. The fourth-order valence-corrected chi connectivity index (χ4v) is 2.47. The van der Waals surface area contributed by atoms with Gasteiger partial charge in [-0.3, -0.25) is 4.79 Å². The van der Waals surface area contributed by atoms with Crippen molar-refractivity contribution >= 4 is 11.6 Å². The first-order chi connectivity index (χ1) is 11.2. The third-order valence-electron chi connectivity index (χ3n) is 3.62. The Balaban J connectivity index is 1.82. The minimum absolute atomic E-state index is 0.186. The molecule has 3 rings (SSSR count). The molecule has 3 heteroatoms. The molecule has 2 aromatic carbocycles. The molecule has 0 fully saturated rings. The van der Waals surface area contributed by atoms with Crippen molar-refractivity contribution in [3.05, 3.63) is 95.3 Å². The lowest BCUT2D eigenvalue weighted by atomic mass is 10.0. The van der Waals surface area contributed by atoms with Crippen LogP contribution >= 0.6 is 0 Å². The Kier molecular flexibility index (Phi) is 4.48. The van der Waals surface area contributed by atoms with Gasteiger partial charge < -0.3 is 5.32 Å². The molecule has 0 spiro atoms. The van der Waals surface area contributed by atoms with Crippen LogP contribution in [0.25, 0.3) is 0 Å². The lowest BCUT2D eigenvalue weighted by Gasteiger charge is -2.11. The lowest BCUT2D eigenvalue weighted by Crippen LogP contribution is -2.15. The molecule has 0 unspecified atom stereocenters. The smallest absolute Gasteiger partial charge is 0.274 e. The van der Waals surface area contributed by atoms with Crippen molar-refractivity contribution in [2.24, 2.45) is 0 Å². The molecular formula is C20H18N2O. The van der Waals surface area contributed by atoms with Gasteiger partial charge in [0.2, 0.25) is 0 Å². The predicted octanol–water partition coefficient (Wildman–Crippen LogP) is 4.23. The quantitative estimate of drug-likeness (QED) is 0.783. The second kappa shape index (κ2) is 6.88. The summed E-state index contributed by atoms with van der Waals surface area (Å²) in [7, 11) is 0. The molecule has 0 aliphatic rings. The van der Waals surface area contributed by atoms with Gasteiger partial charge in [0.05, 0.1) is 0 Å². The average molecular weight is 302 g/mol. The highest BCUT2D eigenvalue weighted by Gasteiger charge is 2.10. The van der Waals surface area contributed by atoms with E-state index in [2.05, 4.69) is 22.4 Å². The van der Waals surface area contributed by atoms with Crippen molar-refractivity contribution in [3.8, 4) is 0 Å². The topological polar surface area (TPSA) is 42.0 Å². The standard InChI is InChI=1S/C20H18N2O/c1-15-8-7-13-19(21-15)20(23)22-18-12-6-5-11-17(18)14-16-9-3-2-4-10-16/h2-13H,14H2,1H3,(H,22,23). The van der Waals surface area contributed by atoms with Crippen molar-refractivity contribution in [2.45, 2.75) is 13.3 Å². The van der Waals surface area contributed by atoms with Crippen LogP contribution in [0.3, 0.4) is 0 Å². The number of nitrogens with one attached hydrogen (secondary N) is 1. The number of hydrogen-bond donors (Lipinski definition) is 1. The van der Waals surface area contributed by atoms with Crippen molar-refractivity contribution < 1.29 is 4.79 Å². The van der Waals surface area contributed by atoms with Gasteiger partial charge in [0.1, 0.15) is 5.69 Å². The highest BCUT2D eigenvalue weighted by Crippen LogP contribution is 2.19. The van der Waals surface area contributed by atoms with Crippen LogP contribution < -0.4 is 5.32 Å². The van der Waals surface area contributed by atoms with Gasteiger partial charge in [-0.2, -0.15) is 0 Å². The summed E-state index contributed by atoms with van der Waals surface area (Å²) in [4.78, 5) is 16.7. The number of nitrogens with zero attached hydrogens (tertiary/aromatic N) is 1. The number of anilines is 1. The van der Waals surface area contributed by atoms with Crippen LogP contribution in [-0.2, 0) is 6.42 Å². The van der Waals surface area contributed by atoms with Crippen molar-refractivity contribution in [1.29, 1.82) is 0 Å². The first-order valence-electron chi connectivity index (χ1n) is 7.59. The maximum atomic E-state index is 12.4. The third-order valence-corrected chi connectivity index (χ3v) is 3.62. The van der Waals surface area contributed by atoms with E-state index >= 15 is 0 Å². The summed E-state index contributed by atoms with van der Waals surface area (Å²) in [5, 5.41) is 2.97. The molecule has 0 saturated carbocycles. The number of para-hydroxylation sites is 1. The number of amides is 1. The molecular weight excluding hydrogens is 284 g/mol. The normalized spacial score (nSPS) is 10.3. The first-order valence-corrected chi connectivity index (χ1v) is 7.59. The molecule has 0 atom stereocenters. The number of aromatic nitrogens is 1. The second-order valence-electron chi connectivity index (χ2n) is 5.44. The van der Waals surface area contributed by atoms with E-state index < -0.39 is 0 Å². The van der Waals surface area contributed by atoms with Gasteiger partial charge in [0, 0.05) is 11.4 Å². The van der Waals surface area contributed by atoms with E-state index in [1.54, 1.807) is 6.07 Å². The molecule has 1 aromatic heterocycles. The van der Waals surface area contributed by atoms with E-state index in [4.69, 9.17) is 0 Å². The fraction of sp³-hybridized carbons (Fsp3) is 0.100. The second-order valence-corrected chi connectivity index (χ2v) is 5.44. The van der Waals surface area contributed by atoms with Crippen LogP contribution in [0.1, 0.15) is 27.3 Å². The van der Waals surface area contributed by atoms with Gasteiger partial charge in [-0.15, -0.1) is 0 Å². The van der Waals surface area contributed by atoms with E-state index in [9.17, 15) is 4.79 Å². The predicted molar refractivity (Wildman–Crippen MR) is 92.6 cm³/mol. The number of benzene rings is 2. The van der Waals surface area contributed by atoms with Crippen LogP contribution in [-0.4, -0.2) is 10.9 Å². The van der Waals surface area contributed by atoms with Crippen LogP contribution in [0.15, 0.2) is 72.8 Å². The largest absolute Gasteiger partial charge is 0.320 e. The van der Waals surface area contributed by atoms with Gasteiger partial charge in [0.15, 0.2) is 0 Å². The minimum Gasteiger partial charge on any atom is -0.320 e. The molecule has 1 amide bonds. The zero-order valence-corrected chi connectivity index (χ0v) is 13.0. The van der Waals surface area contributed by atoms with Crippen LogP contribution in [0.2, 0.25) is 0 Å². The Hall–Kier alpha value is -2.94.